The average molecular weight is 338 g/mol. The zero-order valence-corrected chi connectivity index (χ0v) is 10.9. The minimum absolute atomic E-state index is 0.488. The van der Waals surface area contributed by atoms with E-state index in [0.717, 1.165) is 13.5 Å². The number of hydrogen-bond acceptors (Lipinski definition) is 4. The summed E-state index contributed by atoms with van der Waals surface area (Å²) in [6.07, 6.45) is 3.47. The lowest BCUT2D eigenvalue weighted by molar-refractivity contribution is 1.16. The quantitative estimate of drug-likeness (QED) is 0.593. The van der Waals surface area contributed by atoms with E-state index in [1.165, 1.54) is 0 Å². The Morgan fingerprint density at radius 2 is 2.14 bits per heavy atom. The van der Waals surface area contributed by atoms with Crippen LogP contribution in [0.2, 0.25) is 5.15 Å². The van der Waals surface area contributed by atoms with Gasteiger partial charge in [-0.1, -0.05) is 11.6 Å². The molecule has 0 saturated heterocycles. The van der Waals surface area contributed by atoms with Gasteiger partial charge in [-0.15, -0.1) is 11.3 Å². The van der Waals surface area contributed by atoms with Crippen LogP contribution in [-0.4, -0.2) is 15.0 Å². The van der Waals surface area contributed by atoms with Gasteiger partial charge in [-0.3, -0.25) is 0 Å². The molecule has 14 heavy (non-hydrogen) atoms. The highest BCUT2D eigenvalue weighted by Gasteiger charge is 2.07. The Kier molecular flexibility index (Phi) is 2.99. The Bertz CT molecular complexity index is 471. The molecule has 6 heteroatoms. The van der Waals surface area contributed by atoms with E-state index in [0.29, 0.717) is 11.0 Å². The lowest BCUT2D eigenvalue weighted by atomic mass is 10.5. The van der Waals surface area contributed by atoms with Crippen LogP contribution in [-0.2, 0) is 0 Å². The first kappa shape index (κ1) is 10.3. The second kappa shape index (κ2) is 4.08. The number of halogens is 2. The maximum Gasteiger partial charge on any atom is 0.172 e. The minimum Gasteiger partial charge on any atom is -0.249 e. The summed E-state index contributed by atoms with van der Waals surface area (Å²) in [7, 11) is 0. The van der Waals surface area contributed by atoms with E-state index >= 15 is 0 Å². The van der Waals surface area contributed by atoms with Crippen LogP contribution in [0.4, 0.5) is 0 Å². The van der Waals surface area contributed by atoms with Crippen LogP contribution in [0, 0.1) is 10.5 Å². The third-order valence-corrected chi connectivity index (χ3v) is 3.85. The molecule has 0 aliphatic heterocycles. The topological polar surface area (TPSA) is 38.7 Å². The molecular formula is C8H5ClIN3S. The van der Waals surface area contributed by atoms with Crippen molar-refractivity contribution in [3.05, 3.63) is 26.1 Å². The van der Waals surface area contributed by atoms with E-state index < -0.39 is 0 Å². The number of nitrogens with zero attached hydrogens (tertiary/aromatic N) is 3. The van der Waals surface area contributed by atoms with Crippen LogP contribution in [0.25, 0.3) is 10.7 Å². The Balaban J connectivity index is 2.47. The zero-order valence-electron chi connectivity index (χ0n) is 7.16. The Labute approximate surface area is 104 Å². The van der Waals surface area contributed by atoms with Gasteiger partial charge in [-0.2, -0.15) is 0 Å². The number of thiazole rings is 1. The molecule has 0 saturated carbocycles. The molecule has 0 unspecified atom stereocenters. The molecule has 72 valence electrons. The molecule has 0 spiro atoms. The molecule has 0 bridgehead atoms. The maximum atomic E-state index is 5.90. The molecule has 2 rings (SSSR count). The van der Waals surface area contributed by atoms with Gasteiger partial charge in [-0.25, -0.2) is 15.0 Å². The van der Waals surface area contributed by atoms with Crippen molar-refractivity contribution < 1.29 is 0 Å². The van der Waals surface area contributed by atoms with Gasteiger partial charge < -0.3 is 0 Å². The highest BCUT2D eigenvalue weighted by Crippen LogP contribution is 2.24. The third kappa shape index (κ3) is 2.04. The van der Waals surface area contributed by atoms with Crippen LogP contribution in [0.3, 0.4) is 0 Å². The van der Waals surface area contributed by atoms with Crippen molar-refractivity contribution in [2.24, 2.45) is 0 Å². The minimum atomic E-state index is 0.488. The fourth-order valence-corrected chi connectivity index (χ4v) is 2.04. The summed E-state index contributed by atoms with van der Waals surface area (Å²) in [6, 6.07) is 0. The standard InChI is InChI=1S/C8H5ClIN3S/c1-4-11-3-6(14-4)8-12-2-5(10)7(9)13-8/h2-3H,1H3. The van der Waals surface area contributed by atoms with Crippen molar-refractivity contribution >= 4 is 45.5 Å². The SMILES string of the molecule is Cc1ncc(-c2ncc(I)c(Cl)n2)s1. The number of aromatic nitrogens is 3. The first-order valence-electron chi connectivity index (χ1n) is 3.77. The predicted octanol–water partition coefficient (Wildman–Crippen LogP) is 3.17. The number of hydrogen-bond donors (Lipinski definition) is 0. The van der Waals surface area contributed by atoms with Crippen LogP contribution >= 0.6 is 45.5 Å². The van der Waals surface area contributed by atoms with E-state index in [4.69, 9.17) is 11.6 Å². The number of rotatable bonds is 1. The summed E-state index contributed by atoms with van der Waals surface area (Å²) in [5.41, 5.74) is 0. The molecular weight excluding hydrogens is 333 g/mol. The summed E-state index contributed by atoms with van der Waals surface area (Å²) < 4.78 is 0.856. The first-order valence-corrected chi connectivity index (χ1v) is 6.05. The van der Waals surface area contributed by atoms with Crippen molar-refractivity contribution in [1.29, 1.82) is 0 Å². The Hall–Kier alpha value is -0.270. The predicted molar refractivity (Wildman–Crippen MR) is 65.6 cm³/mol. The Morgan fingerprint density at radius 1 is 1.36 bits per heavy atom. The summed E-state index contributed by atoms with van der Waals surface area (Å²) >= 11 is 9.55. The molecule has 3 nitrogen and oxygen atoms in total. The second-order valence-electron chi connectivity index (χ2n) is 2.58. The van der Waals surface area contributed by atoms with Crippen molar-refractivity contribution in [3.63, 3.8) is 0 Å². The number of aryl methyl sites for hydroxylation is 1. The Morgan fingerprint density at radius 3 is 2.71 bits per heavy atom. The summed E-state index contributed by atoms with van der Waals surface area (Å²) in [6.45, 7) is 1.95. The summed E-state index contributed by atoms with van der Waals surface area (Å²) in [5, 5.41) is 1.49. The van der Waals surface area contributed by atoms with Crippen molar-refractivity contribution in [2.45, 2.75) is 6.92 Å². The molecule has 2 aromatic heterocycles. The monoisotopic (exact) mass is 337 g/mol. The molecule has 0 radical (unpaired) electrons. The van der Waals surface area contributed by atoms with E-state index in [2.05, 4.69) is 37.5 Å². The van der Waals surface area contributed by atoms with Crippen LogP contribution in [0.1, 0.15) is 5.01 Å². The van der Waals surface area contributed by atoms with E-state index in [1.54, 1.807) is 23.7 Å². The van der Waals surface area contributed by atoms with E-state index in [1.807, 2.05) is 6.92 Å². The molecule has 0 aromatic carbocycles. The van der Waals surface area contributed by atoms with Gasteiger partial charge in [0, 0.05) is 12.4 Å². The molecule has 0 fully saturated rings. The van der Waals surface area contributed by atoms with Crippen molar-refractivity contribution in [1.82, 2.24) is 15.0 Å². The van der Waals surface area contributed by atoms with Crippen LogP contribution in [0.5, 0.6) is 0 Å². The molecule has 0 aliphatic rings. The largest absolute Gasteiger partial charge is 0.249 e. The van der Waals surface area contributed by atoms with E-state index in [-0.39, 0.29) is 0 Å². The van der Waals surface area contributed by atoms with Gasteiger partial charge in [0.1, 0.15) is 5.15 Å². The van der Waals surface area contributed by atoms with Crippen molar-refractivity contribution in [3.8, 4) is 10.7 Å². The molecule has 0 aliphatic carbocycles. The van der Waals surface area contributed by atoms with Gasteiger partial charge in [-0.05, 0) is 29.5 Å². The fourth-order valence-electron chi connectivity index (χ4n) is 0.930. The second-order valence-corrected chi connectivity index (χ2v) is 5.33. The molecule has 0 atom stereocenters. The van der Waals surface area contributed by atoms with Gasteiger partial charge in [0.2, 0.25) is 0 Å². The van der Waals surface area contributed by atoms with Crippen LogP contribution < -0.4 is 0 Å². The maximum absolute atomic E-state index is 5.90. The molecule has 2 aromatic rings. The van der Waals surface area contributed by atoms with Gasteiger partial charge in [0.15, 0.2) is 5.82 Å². The molecule has 2 heterocycles. The molecule has 0 amide bonds. The zero-order chi connectivity index (χ0) is 10.1. The van der Waals surface area contributed by atoms with Gasteiger partial charge in [0.25, 0.3) is 0 Å². The lowest BCUT2D eigenvalue weighted by Gasteiger charge is -1.97. The molecule has 0 N–H and O–H groups in total. The first-order chi connectivity index (χ1) is 6.66. The highest BCUT2D eigenvalue weighted by atomic mass is 127. The van der Waals surface area contributed by atoms with Crippen molar-refractivity contribution in [2.75, 3.05) is 0 Å². The van der Waals surface area contributed by atoms with Crippen LogP contribution in [0.15, 0.2) is 12.4 Å². The lowest BCUT2D eigenvalue weighted by Crippen LogP contribution is -1.89. The third-order valence-electron chi connectivity index (χ3n) is 1.54. The highest BCUT2D eigenvalue weighted by molar-refractivity contribution is 14.1. The normalized spacial score (nSPS) is 10.5. The average Bonchev–Trinajstić information content (AvgIpc) is 2.57. The smallest absolute Gasteiger partial charge is 0.172 e. The van der Waals surface area contributed by atoms with Gasteiger partial charge in [0.05, 0.1) is 13.5 Å². The fraction of sp³-hybridized carbons (Fsp3) is 0.125. The summed E-state index contributed by atoms with van der Waals surface area (Å²) in [4.78, 5) is 13.4. The van der Waals surface area contributed by atoms with E-state index in [9.17, 15) is 0 Å². The van der Waals surface area contributed by atoms with Gasteiger partial charge >= 0.3 is 0 Å². The summed E-state index contributed by atoms with van der Waals surface area (Å²) in [5.74, 6) is 0.640.